The Morgan fingerprint density at radius 2 is 1.41 bits per heavy atom. The van der Waals surface area contributed by atoms with Gasteiger partial charge >= 0.3 is 5.97 Å². The SMILES string of the molecule is CCCCCCCCCCCCCNC(C)CNCC(=O)O. The molecule has 0 saturated carbocycles. The average Bonchev–Trinajstić information content (AvgIpc) is 2.48. The molecule has 1 atom stereocenters. The molecule has 3 N–H and O–H groups in total. The van der Waals surface area contributed by atoms with E-state index in [0.717, 1.165) is 6.54 Å². The van der Waals surface area contributed by atoms with Gasteiger partial charge in [-0.25, -0.2) is 0 Å². The molecule has 0 bridgehead atoms. The Labute approximate surface area is 137 Å². The van der Waals surface area contributed by atoms with Crippen LogP contribution in [0, 0.1) is 0 Å². The van der Waals surface area contributed by atoms with Crippen LogP contribution >= 0.6 is 0 Å². The highest BCUT2D eigenvalue weighted by Gasteiger charge is 2.01. The van der Waals surface area contributed by atoms with Crippen LogP contribution < -0.4 is 10.6 Å². The second kappa shape index (κ2) is 16.8. The van der Waals surface area contributed by atoms with Gasteiger partial charge in [-0.2, -0.15) is 0 Å². The third kappa shape index (κ3) is 17.4. The lowest BCUT2D eigenvalue weighted by Crippen LogP contribution is -2.38. The third-order valence-corrected chi connectivity index (χ3v) is 4.00. The zero-order valence-electron chi connectivity index (χ0n) is 14.8. The first-order valence-electron chi connectivity index (χ1n) is 9.32. The molecule has 0 saturated heterocycles. The van der Waals surface area contributed by atoms with Crippen molar-refractivity contribution in [2.75, 3.05) is 19.6 Å². The monoisotopic (exact) mass is 314 g/mol. The van der Waals surface area contributed by atoms with Crippen LogP contribution in [-0.4, -0.2) is 36.8 Å². The lowest BCUT2D eigenvalue weighted by Gasteiger charge is -2.13. The number of rotatable bonds is 17. The van der Waals surface area contributed by atoms with E-state index < -0.39 is 5.97 Å². The van der Waals surface area contributed by atoms with Crippen molar-refractivity contribution < 1.29 is 9.90 Å². The van der Waals surface area contributed by atoms with E-state index in [9.17, 15) is 4.79 Å². The molecule has 132 valence electrons. The number of carbonyl (C=O) groups is 1. The molecule has 0 spiro atoms. The number of unbranched alkanes of at least 4 members (excludes halogenated alkanes) is 10. The summed E-state index contributed by atoms with van der Waals surface area (Å²) < 4.78 is 0. The summed E-state index contributed by atoms with van der Waals surface area (Å²) in [7, 11) is 0. The summed E-state index contributed by atoms with van der Waals surface area (Å²) in [6.45, 7) is 6.15. The number of hydrogen-bond acceptors (Lipinski definition) is 3. The van der Waals surface area contributed by atoms with Gasteiger partial charge in [0.1, 0.15) is 0 Å². The molecule has 0 radical (unpaired) electrons. The molecule has 0 amide bonds. The highest BCUT2D eigenvalue weighted by Crippen LogP contribution is 2.10. The van der Waals surface area contributed by atoms with Crippen molar-refractivity contribution in [1.82, 2.24) is 10.6 Å². The van der Waals surface area contributed by atoms with Crippen molar-refractivity contribution in [1.29, 1.82) is 0 Å². The number of aliphatic carboxylic acids is 1. The van der Waals surface area contributed by atoms with Gasteiger partial charge in [0.2, 0.25) is 0 Å². The topological polar surface area (TPSA) is 61.4 Å². The Hall–Kier alpha value is -0.610. The number of nitrogens with one attached hydrogen (secondary N) is 2. The van der Waals surface area contributed by atoms with Crippen molar-refractivity contribution in [2.45, 2.75) is 90.5 Å². The van der Waals surface area contributed by atoms with E-state index in [-0.39, 0.29) is 6.54 Å². The summed E-state index contributed by atoms with van der Waals surface area (Å²) >= 11 is 0. The molecule has 22 heavy (non-hydrogen) atoms. The summed E-state index contributed by atoms with van der Waals surface area (Å²) in [4.78, 5) is 10.4. The zero-order valence-corrected chi connectivity index (χ0v) is 14.8. The fourth-order valence-corrected chi connectivity index (χ4v) is 2.61. The van der Waals surface area contributed by atoms with Gasteiger partial charge in [0.25, 0.3) is 0 Å². The Morgan fingerprint density at radius 3 is 1.91 bits per heavy atom. The minimum absolute atomic E-state index is 0.0461. The second-order valence-corrected chi connectivity index (χ2v) is 6.42. The van der Waals surface area contributed by atoms with E-state index in [1.54, 1.807) is 0 Å². The molecule has 4 heteroatoms. The molecule has 0 aliphatic carbocycles. The van der Waals surface area contributed by atoms with Crippen LogP contribution in [0.15, 0.2) is 0 Å². The molecule has 0 rings (SSSR count). The predicted octanol–water partition coefficient (Wildman–Crippen LogP) is 3.95. The Morgan fingerprint density at radius 1 is 0.909 bits per heavy atom. The standard InChI is InChI=1S/C18H38N2O2/c1-3-4-5-6-7-8-9-10-11-12-13-14-20-17(2)15-19-16-18(21)22/h17,19-20H,3-16H2,1-2H3,(H,21,22). The van der Waals surface area contributed by atoms with Gasteiger partial charge in [-0.3, -0.25) is 4.79 Å². The minimum atomic E-state index is -0.794. The smallest absolute Gasteiger partial charge is 0.317 e. The normalized spacial score (nSPS) is 12.5. The van der Waals surface area contributed by atoms with Crippen LogP contribution in [0.4, 0.5) is 0 Å². The van der Waals surface area contributed by atoms with Crippen LogP contribution in [0.1, 0.15) is 84.5 Å². The van der Waals surface area contributed by atoms with Crippen molar-refractivity contribution >= 4 is 5.97 Å². The molecule has 4 nitrogen and oxygen atoms in total. The van der Waals surface area contributed by atoms with Crippen molar-refractivity contribution in [3.63, 3.8) is 0 Å². The fraction of sp³-hybridized carbons (Fsp3) is 0.944. The van der Waals surface area contributed by atoms with Crippen LogP contribution in [0.25, 0.3) is 0 Å². The van der Waals surface area contributed by atoms with Crippen LogP contribution in [0.3, 0.4) is 0 Å². The van der Waals surface area contributed by atoms with E-state index in [2.05, 4.69) is 24.5 Å². The third-order valence-electron chi connectivity index (χ3n) is 4.00. The summed E-state index contributed by atoms with van der Waals surface area (Å²) in [5.74, 6) is -0.794. The van der Waals surface area contributed by atoms with Crippen LogP contribution in [0.5, 0.6) is 0 Å². The Balaban J connectivity index is 3.11. The fourth-order valence-electron chi connectivity index (χ4n) is 2.61. The molecule has 0 fully saturated rings. The molecule has 0 aliphatic rings. The lowest BCUT2D eigenvalue weighted by molar-refractivity contribution is -0.135. The van der Waals surface area contributed by atoms with Crippen molar-refractivity contribution in [2.24, 2.45) is 0 Å². The predicted molar refractivity (Wildman–Crippen MR) is 94.4 cm³/mol. The maximum atomic E-state index is 10.4. The number of hydrogen-bond donors (Lipinski definition) is 3. The van der Waals surface area contributed by atoms with E-state index in [1.165, 1.54) is 70.6 Å². The van der Waals surface area contributed by atoms with Gasteiger partial charge in [-0.1, -0.05) is 71.1 Å². The highest BCUT2D eigenvalue weighted by molar-refractivity contribution is 5.68. The summed E-state index contributed by atoms with van der Waals surface area (Å²) in [6.07, 6.45) is 15.1. The maximum Gasteiger partial charge on any atom is 0.317 e. The summed E-state index contributed by atoms with van der Waals surface area (Å²) in [6, 6.07) is 0.336. The van der Waals surface area contributed by atoms with E-state index in [1.807, 2.05) is 0 Å². The van der Waals surface area contributed by atoms with E-state index in [0.29, 0.717) is 12.6 Å². The van der Waals surface area contributed by atoms with Crippen molar-refractivity contribution in [3.8, 4) is 0 Å². The summed E-state index contributed by atoms with van der Waals surface area (Å²) in [5, 5.41) is 14.9. The summed E-state index contributed by atoms with van der Waals surface area (Å²) in [5.41, 5.74) is 0. The Bertz CT molecular complexity index is 247. The maximum absolute atomic E-state index is 10.4. The zero-order chi connectivity index (χ0) is 16.5. The first-order valence-corrected chi connectivity index (χ1v) is 9.32. The van der Waals surface area contributed by atoms with Gasteiger partial charge in [0.05, 0.1) is 6.54 Å². The van der Waals surface area contributed by atoms with Gasteiger partial charge in [-0.15, -0.1) is 0 Å². The quantitative estimate of drug-likeness (QED) is 0.356. The molecule has 0 aromatic rings. The van der Waals surface area contributed by atoms with Crippen LogP contribution in [0.2, 0.25) is 0 Å². The number of carboxylic acid groups (broad SMARTS) is 1. The first kappa shape index (κ1) is 21.4. The van der Waals surface area contributed by atoms with Gasteiger partial charge in [-0.05, 0) is 19.9 Å². The van der Waals surface area contributed by atoms with Gasteiger partial charge in [0, 0.05) is 12.6 Å². The first-order chi connectivity index (χ1) is 10.7. The largest absolute Gasteiger partial charge is 0.480 e. The van der Waals surface area contributed by atoms with Crippen LogP contribution in [-0.2, 0) is 4.79 Å². The molecular weight excluding hydrogens is 276 g/mol. The van der Waals surface area contributed by atoms with Gasteiger partial charge in [0.15, 0.2) is 0 Å². The molecule has 0 aromatic carbocycles. The average molecular weight is 315 g/mol. The highest BCUT2D eigenvalue weighted by atomic mass is 16.4. The second-order valence-electron chi connectivity index (χ2n) is 6.42. The van der Waals surface area contributed by atoms with Crippen molar-refractivity contribution in [3.05, 3.63) is 0 Å². The molecule has 0 aromatic heterocycles. The van der Waals surface area contributed by atoms with E-state index >= 15 is 0 Å². The molecular formula is C18H38N2O2. The molecule has 0 aliphatic heterocycles. The Kier molecular flexibility index (Phi) is 16.3. The van der Waals surface area contributed by atoms with Gasteiger partial charge < -0.3 is 15.7 Å². The molecule has 0 heterocycles. The number of carboxylic acids is 1. The van der Waals surface area contributed by atoms with E-state index in [4.69, 9.17) is 5.11 Å². The molecule has 1 unspecified atom stereocenters. The minimum Gasteiger partial charge on any atom is -0.480 e. The lowest BCUT2D eigenvalue weighted by atomic mass is 10.1.